The fourth-order valence-corrected chi connectivity index (χ4v) is 4.45. The summed E-state index contributed by atoms with van der Waals surface area (Å²) in [6, 6.07) is 5.91. The molecule has 0 saturated carbocycles. The zero-order chi connectivity index (χ0) is 25.8. The van der Waals surface area contributed by atoms with Crippen LogP contribution in [-0.2, 0) is 25.6 Å². The van der Waals surface area contributed by atoms with Gasteiger partial charge >= 0.3 is 5.97 Å². The van der Waals surface area contributed by atoms with Crippen LogP contribution in [-0.4, -0.2) is 71.5 Å². The lowest BCUT2D eigenvalue weighted by Crippen LogP contribution is -2.57. The molecular weight excluding hydrogens is 468 g/mol. The number of benzene rings is 1. The van der Waals surface area contributed by atoms with E-state index in [9.17, 15) is 24.3 Å². The third kappa shape index (κ3) is 9.89. The summed E-state index contributed by atoms with van der Waals surface area (Å²) in [4.78, 5) is 50.7. The van der Waals surface area contributed by atoms with E-state index in [-0.39, 0.29) is 24.3 Å². The minimum atomic E-state index is -1.15. The highest BCUT2D eigenvalue weighted by atomic mass is 32.2. The number of carbonyl (C=O) groups excluding carboxylic acids is 3. The Hall–Kier alpha value is -2.59. The van der Waals surface area contributed by atoms with E-state index in [1.165, 1.54) is 0 Å². The van der Waals surface area contributed by atoms with Crippen LogP contribution in [0.2, 0.25) is 0 Å². The zero-order valence-electron chi connectivity index (χ0n) is 20.7. The minimum Gasteiger partial charge on any atom is -0.480 e. The van der Waals surface area contributed by atoms with Crippen molar-refractivity contribution in [1.82, 2.24) is 21.3 Å². The second-order valence-corrected chi connectivity index (χ2v) is 10.3. The highest BCUT2D eigenvalue weighted by Gasteiger charge is 2.31. The molecule has 1 heterocycles. The predicted octanol–water partition coefficient (Wildman–Crippen LogP) is 1.32. The molecule has 1 aliphatic rings. The topological polar surface area (TPSA) is 137 Å². The summed E-state index contributed by atoms with van der Waals surface area (Å²) < 4.78 is 0. The Bertz CT molecular complexity index is 846. The highest BCUT2D eigenvalue weighted by molar-refractivity contribution is 7.98. The minimum absolute atomic E-state index is 0.0744. The number of carboxylic acid groups (broad SMARTS) is 1. The Morgan fingerprint density at radius 1 is 1.03 bits per heavy atom. The van der Waals surface area contributed by atoms with E-state index >= 15 is 0 Å². The average Bonchev–Trinajstić information content (AvgIpc) is 3.36. The summed E-state index contributed by atoms with van der Waals surface area (Å²) in [5.41, 5.74) is 0.782. The molecule has 0 spiro atoms. The number of aliphatic carboxylic acids is 1. The van der Waals surface area contributed by atoms with Crippen LogP contribution in [0.25, 0.3) is 0 Å². The van der Waals surface area contributed by atoms with Gasteiger partial charge in [-0.15, -0.1) is 0 Å². The van der Waals surface area contributed by atoms with Gasteiger partial charge in [-0.05, 0) is 55.7 Å². The number of carboxylic acids is 1. The van der Waals surface area contributed by atoms with Crippen LogP contribution in [0, 0.1) is 5.92 Å². The van der Waals surface area contributed by atoms with Gasteiger partial charge in [0.15, 0.2) is 0 Å². The van der Waals surface area contributed by atoms with E-state index < -0.39 is 35.9 Å². The maximum Gasteiger partial charge on any atom is 0.326 e. The van der Waals surface area contributed by atoms with Crippen molar-refractivity contribution in [3.63, 3.8) is 0 Å². The standard InChI is InChI=1S/C25H38N4O5S/c1-16(2)14-20(24(32)29-21(25(33)34)15-17-8-5-4-6-9-17)28-23(31)19(11-13-35-3)27-22(30)18-10-7-12-26-18/h4-6,8-9,16,18-21,26H,7,10-15H2,1-3H3,(H,27,30)(H,28,31)(H,29,32)(H,33,34). The highest BCUT2D eigenvalue weighted by Crippen LogP contribution is 2.11. The first-order valence-corrected chi connectivity index (χ1v) is 13.5. The van der Waals surface area contributed by atoms with E-state index in [0.717, 1.165) is 24.9 Å². The van der Waals surface area contributed by atoms with E-state index in [1.54, 1.807) is 23.9 Å². The molecule has 2 rings (SSSR count). The van der Waals surface area contributed by atoms with E-state index in [0.29, 0.717) is 18.6 Å². The van der Waals surface area contributed by atoms with Gasteiger partial charge in [0.25, 0.3) is 0 Å². The van der Waals surface area contributed by atoms with Crippen LogP contribution in [0.4, 0.5) is 0 Å². The van der Waals surface area contributed by atoms with Crippen molar-refractivity contribution in [3.05, 3.63) is 35.9 Å². The van der Waals surface area contributed by atoms with Crippen LogP contribution < -0.4 is 21.3 Å². The zero-order valence-corrected chi connectivity index (χ0v) is 21.5. The van der Waals surface area contributed by atoms with E-state index in [2.05, 4.69) is 21.3 Å². The number of hydrogen-bond acceptors (Lipinski definition) is 6. The Balaban J connectivity index is 2.09. The van der Waals surface area contributed by atoms with Gasteiger partial charge in [0.1, 0.15) is 18.1 Å². The number of amides is 3. The molecule has 1 aromatic carbocycles. The first kappa shape index (κ1) is 28.6. The van der Waals surface area contributed by atoms with Gasteiger partial charge in [-0.1, -0.05) is 44.2 Å². The third-order valence-corrected chi connectivity index (χ3v) is 6.50. The Morgan fingerprint density at radius 3 is 2.26 bits per heavy atom. The van der Waals surface area contributed by atoms with Crippen LogP contribution >= 0.6 is 11.8 Å². The molecule has 3 amide bonds. The number of thioether (sulfide) groups is 1. The summed E-state index contributed by atoms with van der Waals surface area (Å²) in [5, 5.41) is 21.0. The van der Waals surface area contributed by atoms with Gasteiger partial charge in [0.05, 0.1) is 6.04 Å². The molecule has 0 aromatic heterocycles. The Kier molecular flexibility index (Phi) is 12.1. The van der Waals surface area contributed by atoms with Crippen molar-refractivity contribution in [2.24, 2.45) is 5.92 Å². The van der Waals surface area contributed by atoms with Crippen molar-refractivity contribution < 1.29 is 24.3 Å². The van der Waals surface area contributed by atoms with Gasteiger partial charge in [-0.2, -0.15) is 11.8 Å². The molecule has 10 heteroatoms. The first-order chi connectivity index (χ1) is 16.7. The quantitative estimate of drug-likeness (QED) is 0.257. The SMILES string of the molecule is CSCCC(NC(=O)C1CCCN1)C(=O)NC(CC(C)C)C(=O)NC(Cc1ccccc1)C(=O)O. The number of rotatable bonds is 14. The van der Waals surface area contributed by atoms with Crippen molar-refractivity contribution in [1.29, 1.82) is 0 Å². The van der Waals surface area contributed by atoms with Crippen LogP contribution in [0.15, 0.2) is 30.3 Å². The summed E-state index contributed by atoms with van der Waals surface area (Å²) in [7, 11) is 0. The van der Waals surface area contributed by atoms with Gasteiger partial charge in [0, 0.05) is 6.42 Å². The third-order valence-electron chi connectivity index (χ3n) is 5.86. The predicted molar refractivity (Wildman–Crippen MR) is 137 cm³/mol. The second kappa shape index (κ2) is 14.7. The lowest BCUT2D eigenvalue weighted by Gasteiger charge is -2.26. The van der Waals surface area contributed by atoms with E-state index in [4.69, 9.17) is 0 Å². The molecule has 9 nitrogen and oxygen atoms in total. The largest absolute Gasteiger partial charge is 0.480 e. The molecule has 1 fully saturated rings. The summed E-state index contributed by atoms with van der Waals surface area (Å²) in [5.74, 6) is -1.63. The molecule has 35 heavy (non-hydrogen) atoms. The maximum absolute atomic E-state index is 13.2. The lowest BCUT2D eigenvalue weighted by molar-refractivity contribution is -0.142. The smallest absolute Gasteiger partial charge is 0.326 e. The van der Waals surface area contributed by atoms with E-state index in [1.807, 2.05) is 38.3 Å². The van der Waals surface area contributed by atoms with Gasteiger partial charge in [0.2, 0.25) is 17.7 Å². The normalized spacial score (nSPS) is 17.9. The number of nitrogens with one attached hydrogen (secondary N) is 4. The maximum atomic E-state index is 13.2. The molecule has 0 aliphatic carbocycles. The van der Waals surface area contributed by atoms with Gasteiger partial charge < -0.3 is 26.4 Å². The summed E-state index contributed by atoms with van der Waals surface area (Å²) >= 11 is 1.56. The van der Waals surface area contributed by atoms with Gasteiger partial charge in [-0.3, -0.25) is 14.4 Å². The molecule has 194 valence electrons. The number of hydrogen-bond donors (Lipinski definition) is 5. The molecule has 4 unspecified atom stereocenters. The first-order valence-electron chi connectivity index (χ1n) is 12.1. The summed E-state index contributed by atoms with van der Waals surface area (Å²) in [6.07, 6.45) is 4.44. The fraction of sp³-hybridized carbons (Fsp3) is 0.600. The van der Waals surface area contributed by atoms with Gasteiger partial charge in [-0.25, -0.2) is 4.79 Å². The average molecular weight is 507 g/mol. The molecule has 1 aromatic rings. The Labute approximate surface area is 211 Å². The van der Waals surface area contributed by atoms with Crippen LogP contribution in [0.3, 0.4) is 0 Å². The molecule has 5 N–H and O–H groups in total. The second-order valence-electron chi connectivity index (χ2n) is 9.27. The monoisotopic (exact) mass is 506 g/mol. The molecule has 1 saturated heterocycles. The number of carbonyl (C=O) groups is 4. The molecule has 1 aliphatic heterocycles. The van der Waals surface area contributed by atoms with Crippen molar-refractivity contribution in [2.45, 2.75) is 70.1 Å². The van der Waals surface area contributed by atoms with Crippen molar-refractivity contribution in [3.8, 4) is 0 Å². The summed E-state index contributed by atoms with van der Waals surface area (Å²) in [6.45, 7) is 4.61. The molecule has 0 radical (unpaired) electrons. The fourth-order valence-electron chi connectivity index (χ4n) is 3.98. The molecule has 0 bridgehead atoms. The van der Waals surface area contributed by atoms with Crippen molar-refractivity contribution in [2.75, 3.05) is 18.6 Å². The van der Waals surface area contributed by atoms with Crippen molar-refractivity contribution >= 4 is 35.5 Å². The van der Waals surface area contributed by atoms with Crippen LogP contribution in [0.5, 0.6) is 0 Å². The lowest BCUT2D eigenvalue weighted by atomic mass is 10.0. The Morgan fingerprint density at radius 2 is 1.69 bits per heavy atom. The van der Waals surface area contributed by atoms with Crippen LogP contribution in [0.1, 0.15) is 45.1 Å². The molecular formula is C25H38N4O5S. The molecule has 4 atom stereocenters.